The van der Waals surface area contributed by atoms with Crippen molar-refractivity contribution < 1.29 is 0 Å². The van der Waals surface area contributed by atoms with Gasteiger partial charge in [-0.15, -0.1) is 0 Å². The molecule has 0 fully saturated rings. The van der Waals surface area contributed by atoms with Gasteiger partial charge >= 0.3 is 0 Å². The van der Waals surface area contributed by atoms with E-state index in [1.807, 2.05) is 31.3 Å². The summed E-state index contributed by atoms with van der Waals surface area (Å²) in [6.45, 7) is 6.23. The highest BCUT2D eigenvalue weighted by Gasteiger charge is 2.10. The maximum atomic E-state index is 6.00. The molecule has 0 aliphatic rings. The van der Waals surface area contributed by atoms with Gasteiger partial charge in [0.2, 0.25) is 5.95 Å². The fourth-order valence-electron chi connectivity index (χ4n) is 1.72. The average Bonchev–Trinajstić information content (AvgIpc) is 2.65. The molecule has 2 aromatic rings. The van der Waals surface area contributed by atoms with Crippen molar-refractivity contribution in [3.63, 3.8) is 0 Å². The van der Waals surface area contributed by atoms with E-state index in [2.05, 4.69) is 44.6 Å². The molecule has 0 aliphatic carbocycles. The highest BCUT2D eigenvalue weighted by Crippen LogP contribution is 2.29. The Labute approximate surface area is 120 Å². The molecule has 0 atom stereocenters. The molecule has 0 spiro atoms. The van der Waals surface area contributed by atoms with E-state index in [0.717, 1.165) is 21.8 Å². The summed E-state index contributed by atoms with van der Waals surface area (Å²) in [7, 11) is 0. The Hall–Kier alpha value is -1.000. The number of nitrogens with zero attached hydrogens (tertiary/aromatic N) is 2. The lowest BCUT2D eigenvalue weighted by Gasteiger charge is -2.13. The summed E-state index contributed by atoms with van der Waals surface area (Å²) in [5, 5.41) is 4.00. The maximum Gasteiger partial charge on any atom is 0.207 e. The molecule has 0 saturated heterocycles. The summed E-state index contributed by atoms with van der Waals surface area (Å²) in [5.41, 5.74) is 1.90. The topological polar surface area (TPSA) is 29.9 Å². The average molecular weight is 329 g/mol. The highest BCUT2D eigenvalue weighted by molar-refractivity contribution is 9.10. The first kappa shape index (κ1) is 13.4. The van der Waals surface area contributed by atoms with Crippen LogP contribution in [0.2, 0.25) is 5.02 Å². The highest BCUT2D eigenvalue weighted by atomic mass is 79.9. The Balaban J connectivity index is 2.36. The number of anilines is 2. The minimum absolute atomic E-state index is 0.353. The smallest absolute Gasteiger partial charge is 0.207 e. The Kier molecular flexibility index (Phi) is 3.97. The van der Waals surface area contributed by atoms with Crippen molar-refractivity contribution in [3.8, 4) is 0 Å². The second-order valence-electron chi connectivity index (χ2n) is 4.46. The van der Waals surface area contributed by atoms with Crippen LogP contribution < -0.4 is 5.32 Å². The first-order chi connectivity index (χ1) is 8.47. The van der Waals surface area contributed by atoms with E-state index in [1.165, 1.54) is 0 Å². The second-order valence-corrected chi connectivity index (χ2v) is 5.75. The van der Waals surface area contributed by atoms with Crippen molar-refractivity contribution in [2.24, 2.45) is 0 Å². The zero-order chi connectivity index (χ0) is 13.3. The van der Waals surface area contributed by atoms with Crippen LogP contribution in [0.4, 0.5) is 11.6 Å². The summed E-state index contributed by atoms with van der Waals surface area (Å²) in [6.07, 6.45) is 2.03. The van der Waals surface area contributed by atoms with Crippen molar-refractivity contribution in [1.82, 2.24) is 9.55 Å². The van der Waals surface area contributed by atoms with E-state index < -0.39 is 0 Å². The van der Waals surface area contributed by atoms with Crippen LogP contribution in [0.15, 0.2) is 28.9 Å². The van der Waals surface area contributed by atoms with Gasteiger partial charge in [-0.2, -0.15) is 0 Å². The van der Waals surface area contributed by atoms with Crippen LogP contribution in [0.5, 0.6) is 0 Å². The van der Waals surface area contributed by atoms with Crippen LogP contribution in [0, 0.1) is 6.92 Å². The van der Waals surface area contributed by atoms with Gasteiger partial charge in [0.1, 0.15) is 0 Å². The lowest BCUT2D eigenvalue weighted by Crippen LogP contribution is -2.05. The van der Waals surface area contributed by atoms with Crippen molar-refractivity contribution in [1.29, 1.82) is 0 Å². The molecule has 3 nitrogen and oxygen atoms in total. The van der Waals surface area contributed by atoms with E-state index in [4.69, 9.17) is 11.6 Å². The molecular weight excluding hydrogens is 314 g/mol. The number of imidazole rings is 1. The van der Waals surface area contributed by atoms with Crippen LogP contribution in [0.1, 0.15) is 25.6 Å². The van der Waals surface area contributed by atoms with Crippen molar-refractivity contribution in [2.45, 2.75) is 26.8 Å². The van der Waals surface area contributed by atoms with Crippen molar-refractivity contribution in [3.05, 3.63) is 39.6 Å². The van der Waals surface area contributed by atoms with Crippen LogP contribution in [-0.4, -0.2) is 9.55 Å². The fourth-order valence-corrected chi connectivity index (χ4v) is 2.23. The summed E-state index contributed by atoms with van der Waals surface area (Å²) in [4.78, 5) is 4.49. The van der Waals surface area contributed by atoms with Gasteiger partial charge in [-0.25, -0.2) is 4.98 Å². The second kappa shape index (κ2) is 5.33. The first-order valence-corrected chi connectivity index (χ1v) is 6.92. The first-order valence-electron chi connectivity index (χ1n) is 5.75. The third-order valence-electron chi connectivity index (χ3n) is 2.58. The molecule has 1 N–H and O–H groups in total. The van der Waals surface area contributed by atoms with E-state index in [1.54, 1.807) is 0 Å². The summed E-state index contributed by atoms with van der Waals surface area (Å²) in [5.74, 6) is 0.825. The number of hydrogen-bond acceptors (Lipinski definition) is 2. The third kappa shape index (κ3) is 2.87. The van der Waals surface area contributed by atoms with Gasteiger partial charge in [-0.1, -0.05) is 11.6 Å². The van der Waals surface area contributed by atoms with Gasteiger partial charge in [0, 0.05) is 21.7 Å². The number of rotatable bonds is 3. The fraction of sp³-hybridized carbons (Fsp3) is 0.308. The number of aryl methyl sites for hydroxylation is 1. The molecule has 96 valence electrons. The Morgan fingerprint density at radius 2 is 2.11 bits per heavy atom. The Morgan fingerprint density at radius 3 is 2.78 bits per heavy atom. The van der Waals surface area contributed by atoms with E-state index in [-0.39, 0.29) is 0 Å². The molecule has 5 heteroatoms. The maximum absolute atomic E-state index is 6.00. The van der Waals surface area contributed by atoms with Crippen LogP contribution >= 0.6 is 27.5 Å². The molecule has 0 aliphatic heterocycles. The van der Waals surface area contributed by atoms with Crippen molar-refractivity contribution in [2.75, 3.05) is 5.32 Å². The SMILES string of the molecule is Cc1cn(C(C)C)c(Nc2cc(Cl)ccc2Br)n1. The monoisotopic (exact) mass is 327 g/mol. The molecule has 1 heterocycles. The zero-order valence-corrected chi connectivity index (χ0v) is 12.9. The Bertz CT molecular complexity index is 563. The molecule has 0 unspecified atom stereocenters. The summed E-state index contributed by atoms with van der Waals surface area (Å²) >= 11 is 9.50. The summed E-state index contributed by atoms with van der Waals surface area (Å²) in [6, 6.07) is 5.99. The lowest BCUT2D eigenvalue weighted by atomic mass is 10.3. The van der Waals surface area contributed by atoms with Crippen LogP contribution in [0.3, 0.4) is 0 Å². The molecule has 0 saturated carbocycles. The zero-order valence-electron chi connectivity index (χ0n) is 10.5. The van der Waals surface area contributed by atoms with Crippen LogP contribution in [0.25, 0.3) is 0 Å². The minimum atomic E-state index is 0.353. The predicted molar refractivity (Wildman–Crippen MR) is 79.8 cm³/mol. The molecule has 1 aromatic heterocycles. The number of benzene rings is 1. The number of aromatic nitrogens is 2. The van der Waals surface area contributed by atoms with Crippen molar-refractivity contribution >= 4 is 39.2 Å². The van der Waals surface area contributed by atoms with Gasteiger partial charge < -0.3 is 9.88 Å². The van der Waals surface area contributed by atoms with Crippen LogP contribution in [-0.2, 0) is 0 Å². The molecule has 0 amide bonds. The normalized spacial score (nSPS) is 11.0. The van der Waals surface area contributed by atoms with E-state index in [9.17, 15) is 0 Å². The molecule has 0 bridgehead atoms. The largest absolute Gasteiger partial charge is 0.325 e. The predicted octanol–water partition coefficient (Wildman–Crippen LogP) is 4.93. The molecule has 2 rings (SSSR count). The number of nitrogens with one attached hydrogen (secondary N) is 1. The van der Waals surface area contributed by atoms with Gasteiger partial charge in [0.05, 0.1) is 11.4 Å². The molecule has 0 radical (unpaired) electrons. The quantitative estimate of drug-likeness (QED) is 0.865. The standard InChI is InChI=1S/C13H15BrClN3/c1-8(2)18-7-9(3)16-13(18)17-12-6-10(15)4-5-11(12)14/h4-8H,1-3H3,(H,16,17). The van der Waals surface area contributed by atoms with Gasteiger partial charge in [-0.3, -0.25) is 0 Å². The minimum Gasteiger partial charge on any atom is -0.325 e. The van der Waals surface area contributed by atoms with E-state index in [0.29, 0.717) is 11.1 Å². The van der Waals surface area contributed by atoms with Gasteiger partial charge in [0.25, 0.3) is 0 Å². The third-order valence-corrected chi connectivity index (χ3v) is 3.51. The summed E-state index contributed by atoms with van der Waals surface area (Å²) < 4.78 is 3.06. The Morgan fingerprint density at radius 1 is 1.39 bits per heavy atom. The molecular formula is C13H15BrClN3. The number of hydrogen-bond donors (Lipinski definition) is 1. The number of halogens is 2. The van der Waals surface area contributed by atoms with Gasteiger partial charge in [0.15, 0.2) is 0 Å². The molecule has 1 aromatic carbocycles. The molecule has 18 heavy (non-hydrogen) atoms. The van der Waals surface area contributed by atoms with Gasteiger partial charge in [-0.05, 0) is 54.9 Å². The lowest BCUT2D eigenvalue weighted by molar-refractivity contribution is 0.607. The van der Waals surface area contributed by atoms with E-state index >= 15 is 0 Å².